The highest BCUT2D eigenvalue weighted by molar-refractivity contribution is 9.15. The van der Waals surface area contributed by atoms with E-state index >= 15 is 0 Å². The van der Waals surface area contributed by atoms with Crippen molar-refractivity contribution in [2.24, 2.45) is 0 Å². The second-order valence-electron chi connectivity index (χ2n) is 7.06. The first-order valence-corrected chi connectivity index (χ1v) is 11.2. The minimum Gasteiger partial charge on any atom is -0.496 e. The van der Waals surface area contributed by atoms with Crippen LogP contribution in [0.25, 0.3) is 4.48 Å². The smallest absolute Gasteiger partial charge is 0.271 e. The van der Waals surface area contributed by atoms with Crippen molar-refractivity contribution in [3.8, 4) is 5.75 Å². The van der Waals surface area contributed by atoms with Crippen molar-refractivity contribution in [3.63, 3.8) is 0 Å². The number of carbonyl (C=O) groups is 2. The van der Waals surface area contributed by atoms with Gasteiger partial charge in [0.25, 0.3) is 11.6 Å². The second-order valence-corrected chi connectivity index (χ2v) is 7.85. The van der Waals surface area contributed by atoms with Crippen molar-refractivity contribution >= 4 is 44.1 Å². The SMILES string of the molecule is CN/C(C(=O)N1CCCCC1)=C(/Br)c1ccccc1OC.O=CNc1ccc([N+](=O)[O-])cc1. The quantitative estimate of drug-likeness (QED) is 0.246. The highest BCUT2D eigenvalue weighted by atomic mass is 79.9. The van der Waals surface area contributed by atoms with Crippen molar-refractivity contribution < 1.29 is 19.2 Å². The number of methoxy groups -OCH3 is 1. The van der Waals surface area contributed by atoms with Gasteiger partial charge in [-0.05, 0) is 53.4 Å². The molecule has 1 saturated heterocycles. The summed E-state index contributed by atoms with van der Waals surface area (Å²) in [5, 5.41) is 15.6. The number of piperidine rings is 1. The van der Waals surface area contributed by atoms with Crippen LogP contribution in [0.3, 0.4) is 0 Å². The van der Waals surface area contributed by atoms with E-state index in [4.69, 9.17) is 4.74 Å². The van der Waals surface area contributed by atoms with Crippen molar-refractivity contribution in [1.82, 2.24) is 10.2 Å². The van der Waals surface area contributed by atoms with Gasteiger partial charge in [0, 0.05) is 43.5 Å². The highest BCUT2D eigenvalue weighted by Crippen LogP contribution is 2.32. The first-order chi connectivity index (χ1) is 15.9. The summed E-state index contributed by atoms with van der Waals surface area (Å²) in [6.07, 6.45) is 3.88. The molecule has 2 amide bonds. The van der Waals surface area contributed by atoms with Gasteiger partial charge in [0.15, 0.2) is 0 Å². The molecule has 0 spiro atoms. The number of halogens is 1. The number of ether oxygens (including phenoxy) is 1. The molecule has 1 heterocycles. The molecule has 0 saturated carbocycles. The summed E-state index contributed by atoms with van der Waals surface area (Å²) in [6, 6.07) is 13.2. The molecule has 0 unspecified atom stereocenters. The average Bonchev–Trinajstić information content (AvgIpc) is 2.85. The topological polar surface area (TPSA) is 114 Å². The Bertz CT molecular complexity index is 989. The van der Waals surface area contributed by atoms with E-state index < -0.39 is 4.92 Å². The van der Waals surface area contributed by atoms with Gasteiger partial charge >= 0.3 is 0 Å². The molecule has 0 aliphatic carbocycles. The van der Waals surface area contributed by atoms with E-state index in [-0.39, 0.29) is 11.6 Å². The third-order valence-corrected chi connectivity index (χ3v) is 5.80. The number of hydrogen-bond donors (Lipinski definition) is 2. The maximum absolute atomic E-state index is 12.7. The summed E-state index contributed by atoms with van der Waals surface area (Å²) in [7, 11) is 3.40. The predicted octanol–water partition coefficient (Wildman–Crippen LogP) is 4.15. The lowest BCUT2D eigenvalue weighted by Gasteiger charge is -2.28. The van der Waals surface area contributed by atoms with Crippen LogP contribution in [-0.4, -0.2) is 49.4 Å². The van der Waals surface area contributed by atoms with Crippen molar-refractivity contribution in [1.29, 1.82) is 0 Å². The van der Waals surface area contributed by atoms with Crippen LogP contribution in [0, 0.1) is 10.1 Å². The number of likely N-dealkylation sites (tertiary alicyclic amines) is 1. The molecule has 0 aromatic heterocycles. The third kappa shape index (κ3) is 7.31. The fraction of sp³-hybridized carbons (Fsp3) is 0.304. The number of nitro groups is 1. The van der Waals surface area contributed by atoms with Crippen LogP contribution in [0.15, 0.2) is 54.2 Å². The molecule has 1 aliphatic rings. The van der Waals surface area contributed by atoms with E-state index in [0.717, 1.165) is 41.7 Å². The van der Waals surface area contributed by atoms with Gasteiger partial charge in [-0.15, -0.1) is 0 Å². The summed E-state index contributed by atoms with van der Waals surface area (Å²) in [5.41, 5.74) is 1.98. The first kappa shape index (κ1) is 25.9. The number of benzene rings is 2. The number of rotatable bonds is 7. The monoisotopic (exact) mass is 518 g/mol. The standard InChI is InChI=1S/C16H21BrN2O2.C7H6N2O3/c1-18-15(16(20)19-10-6-3-7-11-19)14(17)12-8-4-5-9-13(12)21-2;10-5-8-6-1-3-7(4-2-6)9(11)12/h4-5,8-9,18H,3,6-7,10-11H2,1-2H3;1-5H,(H,8,10)/b15-14+;. The summed E-state index contributed by atoms with van der Waals surface area (Å²) in [5.74, 6) is 0.776. The summed E-state index contributed by atoms with van der Waals surface area (Å²) < 4.78 is 6.10. The molecule has 0 atom stereocenters. The van der Waals surface area contributed by atoms with E-state index in [1.165, 1.54) is 30.7 Å². The van der Waals surface area contributed by atoms with Gasteiger partial charge in [0.2, 0.25) is 6.41 Å². The lowest BCUT2D eigenvalue weighted by Crippen LogP contribution is -2.39. The van der Waals surface area contributed by atoms with Gasteiger partial charge in [0.05, 0.1) is 16.5 Å². The van der Waals surface area contributed by atoms with Crippen molar-refractivity contribution in [3.05, 3.63) is 69.9 Å². The normalized spacial score (nSPS) is 13.6. The lowest BCUT2D eigenvalue weighted by molar-refractivity contribution is -0.384. The summed E-state index contributed by atoms with van der Waals surface area (Å²) in [4.78, 5) is 34.2. The Labute approximate surface area is 201 Å². The number of hydrogen-bond acceptors (Lipinski definition) is 6. The van der Waals surface area contributed by atoms with E-state index in [0.29, 0.717) is 17.8 Å². The zero-order chi connectivity index (χ0) is 24.2. The fourth-order valence-electron chi connectivity index (χ4n) is 3.27. The third-order valence-electron chi connectivity index (χ3n) is 4.97. The fourth-order valence-corrected chi connectivity index (χ4v) is 3.97. The molecular weight excluding hydrogens is 492 g/mol. The van der Waals surface area contributed by atoms with Crippen LogP contribution in [0.4, 0.5) is 11.4 Å². The first-order valence-electron chi connectivity index (χ1n) is 10.4. The molecule has 9 nitrogen and oxygen atoms in total. The molecule has 2 aromatic carbocycles. The Morgan fingerprint density at radius 2 is 1.76 bits per heavy atom. The van der Waals surface area contributed by atoms with Gasteiger partial charge in [-0.25, -0.2) is 0 Å². The van der Waals surface area contributed by atoms with Crippen molar-refractivity contribution in [2.75, 3.05) is 32.6 Å². The van der Waals surface area contributed by atoms with Crippen LogP contribution >= 0.6 is 15.9 Å². The largest absolute Gasteiger partial charge is 0.496 e. The number of nitro benzene ring substituents is 1. The zero-order valence-corrected chi connectivity index (χ0v) is 20.1. The van der Waals surface area contributed by atoms with Crippen LogP contribution in [0.5, 0.6) is 5.75 Å². The average molecular weight is 519 g/mol. The predicted molar refractivity (Wildman–Crippen MR) is 131 cm³/mol. The number of amides is 2. The number of carbonyl (C=O) groups excluding carboxylic acids is 2. The summed E-state index contributed by atoms with van der Waals surface area (Å²) in [6.45, 7) is 1.66. The lowest BCUT2D eigenvalue weighted by atomic mass is 10.1. The molecule has 176 valence electrons. The molecule has 1 aliphatic heterocycles. The highest BCUT2D eigenvalue weighted by Gasteiger charge is 2.23. The molecule has 0 bridgehead atoms. The summed E-state index contributed by atoms with van der Waals surface area (Å²) >= 11 is 3.56. The molecule has 10 heteroatoms. The van der Waals surface area contributed by atoms with Gasteiger partial charge in [0.1, 0.15) is 11.4 Å². The van der Waals surface area contributed by atoms with Gasteiger partial charge in [-0.1, -0.05) is 18.2 Å². The van der Waals surface area contributed by atoms with Gasteiger partial charge < -0.3 is 20.3 Å². The Kier molecular flexibility index (Phi) is 10.4. The Morgan fingerprint density at radius 3 is 2.30 bits per heavy atom. The molecule has 1 fully saturated rings. The number of anilines is 1. The van der Waals surface area contributed by atoms with E-state index in [1.807, 2.05) is 29.2 Å². The van der Waals surface area contributed by atoms with Crippen LogP contribution in [0.1, 0.15) is 24.8 Å². The Morgan fingerprint density at radius 1 is 1.12 bits per heavy atom. The maximum Gasteiger partial charge on any atom is 0.271 e. The molecule has 2 aromatic rings. The van der Waals surface area contributed by atoms with E-state index in [2.05, 4.69) is 26.6 Å². The number of para-hydroxylation sites is 1. The minimum atomic E-state index is -0.495. The molecule has 2 N–H and O–H groups in total. The number of likely N-dealkylation sites (N-methyl/N-ethyl adjacent to an activating group) is 1. The van der Waals surface area contributed by atoms with Crippen LogP contribution in [0.2, 0.25) is 0 Å². The Hall–Kier alpha value is -3.40. The second kappa shape index (κ2) is 13.2. The minimum absolute atomic E-state index is 0.00597. The molecule has 0 radical (unpaired) electrons. The maximum atomic E-state index is 12.7. The van der Waals surface area contributed by atoms with E-state index in [9.17, 15) is 19.7 Å². The van der Waals surface area contributed by atoms with Gasteiger partial charge in [-0.2, -0.15) is 0 Å². The number of nitrogens with zero attached hydrogens (tertiary/aromatic N) is 2. The van der Waals surface area contributed by atoms with Crippen LogP contribution < -0.4 is 15.4 Å². The number of nitrogens with one attached hydrogen (secondary N) is 2. The molecular formula is C23H27BrN4O5. The molecule has 3 rings (SSSR count). The number of non-ortho nitro benzene ring substituents is 1. The van der Waals surface area contributed by atoms with E-state index in [1.54, 1.807) is 14.2 Å². The van der Waals surface area contributed by atoms with Crippen molar-refractivity contribution in [2.45, 2.75) is 19.3 Å². The Balaban J connectivity index is 0.000000273. The molecule has 33 heavy (non-hydrogen) atoms. The van der Waals surface area contributed by atoms with Crippen LogP contribution in [-0.2, 0) is 9.59 Å². The van der Waals surface area contributed by atoms with Gasteiger partial charge in [-0.3, -0.25) is 19.7 Å². The zero-order valence-electron chi connectivity index (χ0n) is 18.5.